The minimum absolute atomic E-state index is 0.00683. The number of carbonyl (C=O) groups is 1. The summed E-state index contributed by atoms with van der Waals surface area (Å²) in [6, 6.07) is 2.55. The van der Waals surface area contributed by atoms with Gasteiger partial charge in [-0.05, 0) is 38.3 Å². The van der Waals surface area contributed by atoms with Gasteiger partial charge in [0, 0.05) is 82.6 Å². The predicted molar refractivity (Wildman–Crippen MR) is 168 cm³/mol. The van der Waals surface area contributed by atoms with Crippen LogP contribution in [0.2, 0.25) is 0 Å². The number of amides is 1. The fourth-order valence-electron chi connectivity index (χ4n) is 8.34. The summed E-state index contributed by atoms with van der Waals surface area (Å²) in [4.78, 5) is 25.4. The number of hydrogen-bond donors (Lipinski definition) is 0. The average molecular weight is 624 g/mol. The fourth-order valence-corrected chi connectivity index (χ4v) is 8.34. The summed E-state index contributed by atoms with van der Waals surface area (Å²) < 4.78 is 43.4. The van der Waals surface area contributed by atoms with Gasteiger partial charge in [-0.3, -0.25) is 14.4 Å². The molecule has 0 N–H and O–H groups in total. The number of nitrogens with zero attached hydrogens (tertiary/aromatic N) is 7. The molecule has 7 rings (SSSR count). The van der Waals surface area contributed by atoms with Crippen molar-refractivity contribution in [1.29, 1.82) is 0 Å². The molecule has 2 aromatic heterocycles. The zero-order valence-electron chi connectivity index (χ0n) is 26.4. The van der Waals surface area contributed by atoms with E-state index < -0.39 is 12.0 Å². The first-order valence-electron chi connectivity index (χ1n) is 16.1. The molecule has 5 atom stereocenters. The van der Waals surface area contributed by atoms with Crippen molar-refractivity contribution in [1.82, 2.24) is 24.6 Å². The third-order valence-electron chi connectivity index (χ3n) is 10.6. The number of aryl methyl sites for hydroxylation is 1. The highest BCUT2D eigenvalue weighted by Gasteiger charge is 2.49. The van der Waals surface area contributed by atoms with Gasteiger partial charge in [0.2, 0.25) is 5.91 Å². The Morgan fingerprint density at radius 2 is 2.02 bits per heavy atom. The standard InChI is InChI=1S/C33H43F2N7O3/c1-5-29(43)39-13-11-38(12-14-39)27-18-41-25(27)8-6-7-24-26(41)15-28(37-30(24)32(34)35)40-10-9-33(16-22(40)3)31-21(2)17-36-42(31)23(19-44-4)20-45-33/h5-7,15,17,22-23,25,27,32H,1,8-14,16,18-20H2,2-4H3/t22-,23?,25?,27-,33-/m1/s1. The lowest BCUT2D eigenvalue weighted by atomic mass is 9.81. The summed E-state index contributed by atoms with van der Waals surface area (Å²) in [5, 5.41) is 4.68. The molecule has 5 aliphatic rings. The smallest absolute Gasteiger partial charge is 0.281 e. The van der Waals surface area contributed by atoms with Crippen molar-refractivity contribution in [3.8, 4) is 0 Å². The highest BCUT2D eigenvalue weighted by Crippen LogP contribution is 2.47. The van der Waals surface area contributed by atoms with Crippen LogP contribution in [0.4, 0.5) is 20.3 Å². The number of pyridine rings is 1. The zero-order valence-corrected chi connectivity index (χ0v) is 26.4. The minimum atomic E-state index is -2.68. The van der Waals surface area contributed by atoms with E-state index in [-0.39, 0.29) is 29.7 Å². The quantitative estimate of drug-likeness (QED) is 0.448. The van der Waals surface area contributed by atoms with Crippen molar-refractivity contribution in [3.05, 3.63) is 53.5 Å². The van der Waals surface area contributed by atoms with Crippen LogP contribution in [-0.2, 0) is 19.9 Å². The fraction of sp³-hybridized carbons (Fsp3) is 0.606. The van der Waals surface area contributed by atoms with Crippen LogP contribution < -0.4 is 9.80 Å². The number of rotatable bonds is 6. The van der Waals surface area contributed by atoms with Gasteiger partial charge < -0.3 is 24.2 Å². The Kier molecular flexibility index (Phi) is 7.94. The van der Waals surface area contributed by atoms with Gasteiger partial charge >= 0.3 is 0 Å². The Hall–Kier alpha value is -3.35. The molecule has 0 radical (unpaired) electrons. The second kappa shape index (κ2) is 11.8. The molecule has 2 aromatic rings. The molecule has 45 heavy (non-hydrogen) atoms. The number of hydrogen-bond acceptors (Lipinski definition) is 8. The molecule has 1 amide bonds. The van der Waals surface area contributed by atoms with Gasteiger partial charge in [0.05, 0.1) is 36.8 Å². The number of ether oxygens (including phenoxy) is 2. The Bertz CT molecular complexity index is 1490. The molecule has 7 heterocycles. The first kappa shape index (κ1) is 30.3. The number of piperidine rings is 1. The molecule has 5 aliphatic heterocycles. The topological polar surface area (TPSA) is 79.2 Å². The maximum absolute atomic E-state index is 14.6. The average Bonchev–Trinajstić information content (AvgIpc) is 3.37. The van der Waals surface area contributed by atoms with E-state index in [0.717, 1.165) is 43.0 Å². The number of halogens is 2. The van der Waals surface area contributed by atoms with E-state index in [1.165, 1.54) is 6.08 Å². The number of anilines is 2. The van der Waals surface area contributed by atoms with Crippen LogP contribution in [0.25, 0.3) is 6.08 Å². The maximum Gasteiger partial charge on any atom is 0.281 e. The molecule has 3 fully saturated rings. The first-order chi connectivity index (χ1) is 21.7. The summed E-state index contributed by atoms with van der Waals surface area (Å²) >= 11 is 0. The molecule has 2 unspecified atom stereocenters. The number of methoxy groups -OCH3 is 1. The second-order valence-electron chi connectivity index (χ2n) is 13.1. The van der Waals surface area contributed by atoms with Crippen molar-refractivity contribution in [3.63, 3.8) is 0 Å². The molecule has 0 bridgehead atoms. The Labute approximate surface area is 263 Å². The molecule has 12 heteroatoms. The van der Waals surface area contributed by atoms with Crippen molar-refractivity contribution in [2.24, 2.45) is 0 Å². The van der Waals surface area contributed by atoms with Crippen LogP contribution in [0.3, 0.4) is 0 Å². The summed E-state index contributed by atoms with van der Waals surface area (Å²) in [6.45, 7) is 13.2. The monoisotopic (exact) mass is 623 g/mol. The molecular formula is C33H43F2N7O3. The SMILES string of the molecule is C=CC(=O)N1CCN([C@@H]2CN3c4cc(N5CC[C@]6(C[C@H]5C)OCC(COC)n5ncc(C)c56)nc(C(F)F)c4C=CCC23)CC1. The largest absolute Gasteiger partial charge is 0.382 e. The van der Waals surface area contributed by atoms with Crippen molar-refractivity contribution >= 4 is 23.5 Å². The van der Waals surface area contributed by atoms with E-state index in [1.54, 1.807) is 7.11 Å². The third kappa shape index (κ3) is 5.05. The molecule has 242 valence electrons. The van der Waals surface area contributed by atoms with Gasteiger partial charge in [0.25, 0.3) is 6.43 Å². The number of alkyl halides is 2. The lowest BCUT2D eigenvalue weighted by Gasteiger charge is -2.55. The van der Waals surface area contributed by atoms with Gasteiger partial charge in [-0.25, -0.2) is 13.8 Å². The van der Waals surface area contributed by atoms with Crippen LogP contribution >= 0.6 is 0 Å². The van der Waals surface area contributed by atoms with Gasteiger partial charge in [0.1, 0.15) is 17.1 Å². The van der Waals surface area contributed by atoms with Crippen molar-refractivity contribution < 1.29 is 23.0 Å². The second-order valence-corrected chi connectivity index (χ2v) is 13.1. The van der Waals surface area contributed by atoms with Gasteiger partial charge in [0.15, 0.2) is 0 Å². The summed E-state index contributed by atoms with van der Waals surface area (Å²) in [5.74, 6) is 0.568. The van der Waals surface area contributed by atoms with Crippen LogP contribution in [0.15, 0.2) is 31.0 Å². The summed E-state index contributed by atoms with van der Waals surface area (Å²) in [6.07, 6.45) is 6.65. The zero-order chi connectivity index (χ0) is 31.5. The molecule has 1 spiro atoms. The molecule has 0 saturated carbocycles. The lowest BCUT2D eigenvalue weighted by molar-refractivity contribution is -0.128. The summed E-state index contributed by atoms with van der Waals surface area (Å²) in [7, 11) is 1.69. The van der Waals surface area contributed by atoms with E-state index in [4.69, 9.17) is 9.47 Å². The minimum Gasteiger partial charge on any atom is -0.382 e. The highest BCUT2D eigenvalue weighted by molar-refractivity contribution is 5.87. The molecule has 0 aromatic carbocycles. The maximum atomic E-state index is 14.6. The first-order valence-corrected chi connectivity index (χ1v) is 16.1. The lowest BCUT2D eigenvalue weighted by Crippen LogP contribution is -2.69. The molecule has 0 aliphatic carbocycles. The van der Waals surface area contributed by atoms with E-state index in [9.17, 15) is 13.6 Å². The van der Waals surface area contributed by atoms with Gasteiger partial charge in [-0.2, -0.15) is 5.10 Å². The Morgan fingerprint density at radius 3 is 2.73 bits per heavy atom. The van der Waals surface area contributed by atoms with Gasteiger partial charge in [-0.1, -0.05) is 18.7 Å². The third-order valence-corrected chi connectivity index (χ3v) is 10.6. The molecule has 10 nitrogen and oxygen atoms in total. The van der Waals surface area contributed by atoms with Gasteiger partial charge in [-0.15, -0.1) is 0 Å². The van der Waals surface area contributed by atoms with Crippen molar-refractivity contribution in [2.75, 3.05) is 69.4 Å². The van der Waals surface area contributed by atoms with Crippen LogP contribution in [0.5, 0.6) is 0 Å². The summed E-state index contributed by atoms with van der Waals surface area (Å²) in [5.41, 5.74) is 2.91. The van der Waals surface area contributed by atoms with E-state index in [0.29, 0.717) is 63.1 Å². The van der Waals surface area contributed by atoms with Crippen molar-refractivity contribution in [2.45, 2.75) is 69.3 Å². The number of fused-ring (bicyclic) bond motifs is 5. The van der Waals surface area contributed by atoms with E-state index in [1.807, 2.05) is 29.3 Å². The Balaban J connectivity index is 1.13. The normalized spacial score (nSPS) is 29.7. The van der Waals surface area contributed by atoms with E-state index >= 15 is 0 Å². The highest BCUT2D eigenvalue weighted by atomic mass is 19.3. The van der Waals surface area contributed by atoms with Crippen LogP contribution in [0, 0.1) is 6.92 Å². The predicted octanol–water partition coefficient (Wildman–Crippen LogP) is 3.93. The van der Waals surface area contributed by atoms with E-state index in [2.05, 4.69) is 49.9 Å². The molecular weight excluding hydrogens is 580 g/mol. The van der Waals surface area contributed by atoms with Crippen LogP contribution in [-0.4, -0.2) is 108 Å². The number of carbonyl (C=O) groups excluding carboxylic acids is 1. The molecule has 3 saturated heterocycles. The van der Waals surface area contributed by atoms with Crippen LogP contribution in [0.1, 0.15) is 61.2 Å². The Morgan fingerprint density at radius 1 is 1.22 bits per heavy atom. The number of piperazine rings is 1. The number of aromatic nitrogens is 3.